The van der Waals surface area contributed by atoms with Crippen LogP contribution < -0.4 is 0 Å². The van der Waals surface area contributed by atoms with Crippen molar-refractivity contribution in [2.45, 2.75) is 349 Å². The second kappa shape index (κ2) is 75.8. The van der Waals surface area contributed by atoms with E-state index < -0.39 is 0 Å². The maximum atomic E-state index is 8.67. The van der Waals surface area contributed by atoms with Crippen molar-refractivity contribution in [1.82, 2.24) is 0 Å². The van der Waals surface area contributed by atoms with Crippen LogP contribution in [-0.2, 0) is 21.7 Å². The third kappa shape index (κ3) is 91.1. The van der Waals surface area contributed by atoms with Crippen molar-refractivity contribution in [1.29, 1.82) is 0 Å². The van der Waals surface area contributed by atoms with Crippen LogP contribution in [0.15, 0.2) is 0 Å². The van der Waals surface area contributed by atoms with Crippen LogP contribution in [0.3, 0.4) is 0 Å². The van der Waals surface area contributed by atoms with Crippen LogP contribution in [0.4, 0.5) is 0 Å². The van der Waals surface area contributed by atoms with E-state index in [4.69, 9.17) is 20.4 Å². The van der Waals surface area contributed by atoms with Gasteiger partial charge in [0, 0.05) is 47.6 Å². The molecule has 5 heteroatoms. The molecule has 0 radical (unpaired) electrons. The van der Waals surface area contributed by atoms with Crippen molar-refractivity contribution in [3.05, 3.63) is 0 Å². The summed E-state index contributed by atoms with van der Waals surface area (Å²) < 4.78 is 0. The van der Waals surface area contributed by atoms with Gasteiger partial charge in [-0.2, -0.15) is 0 Å². The van der Waals surface area contributed by atoms with E-state index in [0.29, 0.717) is 19.8 Å². The zero-order valence-electron chi connectivity index (χ0n) is 43.9. The largest absolute Gasteiger partial charge is 0.396 e. The topological polar surface area (TPSA) is 80.9 Å². The minimum atomic E-state index is -0.167. The molecule has 0 saturated carbocycles. The van der Waals surface area contributed by atoms with Crippen molar-refractivity contribution in [3.63, 3.8) is 0 Å². The Kier molecular flexibility index (Phi) is 87.5. The zero-order valence-corrected chi connectivity index (χ0v) is 45.5. The molecule has 0 aliphatic heterocycles. The van der Waals surface area contributed by atoms with E-state index in [9.17, 15) is 0 Å². The van der Waals surface area contributed by atoms with Gasteiger partial charge in [-0.15, -0.1) is 0 Å². The van der Waals surface area contributed by atoms with Gasteiger partial charge in [0.25, 0.3) is 0 Å². The Hall–Kier alpha value is 0.554. The van der Waals surface area contributed by atoms with Crippen LogP contribution in [0.1, 0.15) is 343 Å². The summed E-state index contributed by atoms with van der Waals surface area (Å²) in [4.78, 5) is 0. The molecule has 0 aliphatic rings. The molecule has 0 aromatic carbocycles. The van der Waals surface area contributed by atoms with E-state index in [1.165, 1.54) is 289 Å². The average Bonchev–Trinajstić information content (AvgIpc) is 3.25. The molecule has 0 aliphatic carbocycles. The monoisotopic (exact) mass is 919 g/mol. The maximum Gasteiger partial charge on any atom is 0.0483 e. The van der Waals surface area contributed by atoms with Crippen LogP contribution in [0.5, 0.6) is 0 Å². The minimum absolute atomic E-state index is 0. The molecule has 0 rings (SSSR count). The Balaban J connectivity index is -0.000000248. The predicted octanol–water partition coefficient (Wildman–Crippen LogP) is 19.1. The van der Waals surface area contributed by atoms with Gasteiger partial charge in [0.2, 0.25) is 0 Å². The second-order valence-corrected chi connectivity index (χ2v) is 19.2. The molecule has 0 fully saturated rings. The first-order valence-corrected chi connectivity index (χ1v) is 28.5. The third-order valence-corrected chi connectivity index (χ3v) is 12.0. The number of aliphatic hydroxyl groups is 4. The first-order chi connectivity index (χ1) is 30.0. The Labute approximate surface area is 408 Å². The second-order valence-electron chi connectivity index (χ2n) is 19.2. The van der Waals surface area contributed by atoms with Crippen molar-refractivity contribution in [2.75, 3.05) is 19.8 Å². The molecule has 0 aromatic rings. The summed E-state index contributed by atoms with van der Waals surface area (Å²) in [5, 5.41) is 34.1. The quantitative estimate of drug-likeness (QED) is 0.0362. The molecule has 0 unspecified atom stereocenters. The molecule has 0 atom stereocenters. The first-order valence-electron chi connectivity index (χ1n) is 28.5. The molecule has 0 aromatic heterocycles. The molecule has 0 spiro atoms. The van der Waals surface area contributed by atoms with E-state index in [1.54, 1.807) is 13.8 Å². The molecule has 0 heterocycles. The molecule has 0 saturated heterocycles. The summed E-state index contributed by atoms with van der Waals surface area (Å²) in [6, 6.07) is 0. The Morgan fingerprint density at radius 2 is 0.290 bits per heavy atom. The van der Waals surface area contributed by atoms with E-state index in [-0.39, 0.29) is 27.8 Å². The number of hydrogen-bond donors (Lipinski definition) is 4. The molecular formula is C57H122O4Ti. The number of aliphatic hydroxyl groups excluding tert-OH is 4. The van der Waals surface area contributed by atoms with Crippen molar-refractivity contribution < 1.29 is 42.1 Å². The fourth-order valence-corrected chi connectivity index (χ4v) is 7.98. The molecule has 4 nitrogen and oxygen atoms in total. The van der Waals surface area contributed by atoms with Crippen LogP contribution in [0.25, 0.3) is 0 Å². The smallest absolute Gasteiger partial charge is 0.0483 e. The molecule has 62 heavy (non-hydrogen) atoms. The average molecular weight is 919 g/mol. The summed E-state index contributed by atoms with van der Waals surface area (Å²) in [5.41, 5.74) is 0. The molecular weight excluding hydrogens is 796 g/mol. The molecule has 0 bridgehead atoms. The van der Waals surface area contributed by atoms with Crippen LogP contribution in [0.2, 0.25) is 0 Å². The van der Waals surface area contributed by atoms with Crippen molar-refractivity contribution >= 4 is 0 Å². The minimum Gasteiger partial charge on any atom is -0.396 e. The number of unbranched alkanes of at least 4 members (excludes halogenated alkanes) is 45. The summed E-state index contributed by atoms with van der Waals surface area (Å²) in [5.74, 6) is 0. The molecule has 0 amide bonds. The van der Waals surface area contributed by atoms with E-state index in [0.717, 1.165) is 19.3 Å². The van der Waals surface area contributed by atoms with Gasteiger partial charge in [0.15, 0.2) is 0 Å². The number of hydrogen-bond acceptors (Lipinski definition) is 4. The van der Waals surface area contributed by atoms with Gasteiger partial charge in [-0.3, -0.25) is 0 Å². The number of rotatable bonds is 48. The van der Waals surface area contributed by atoms with E-state index >= 15 is 0 Å². The summed E-state index contributed by atoms with van der Waals surface area (Å²) in [6.45, 7) is 11.4. The predicted molar refractivity (Wildman–Crippen MR) is 277 cm³/mol. The zero-order chi connectivity index (χ0) is 45.6. The fraction of sp³-hybridized carbons (Fsp3) is 1.00. The van der Waals surface area contributed by atoms with Gasteiger partial charge in [-0.05, 0) is 33.1 Å². The fourth-order valence-electron chi connectivity index (χ4n) is 7.98. The van der Waals surface area contributed by atoms with E-state index in [2.05, 4.69) is 20.8 Å². The van der Waals surface area contributed by atoms with Gasteiger partial charge in [0.1, 0.15) is 0 Å². The van der Waals surface area contributed by atoms with Gasteiger partial charge >= 0.3 is 0 Å². The first kappa shape index (κ1) is 71.6. The summed E-state index contributed by atoms with van der Waals surface area (Å²) in [7, 11) is 0. The van der Waals surface area contributed by atoms with Crippen LogP contribution >= 0.6 is 0 Å². The normalized spacial score (nSPS) is 10.7. The summed E-state index contributed by atoms with van der Waals surface area (Å²) >= 11 is 0. The van der Waals surface area contributed by atoms with Gasteiger partial charge in [-0.1, -0.05) is 310 Å². The van der Waals surface area contributed by atoms with Gasteiger partial charge in [0.05, 0.1) is 0 Å². The van der Waals surface area contributed by atoms with E-state index in [1.807, 2.05) is 0 Å². The molecule has 378 valence electrons. The maximum absolute atomic E-state index is 8.67. The summed E-state index contributed by atoms with van der Waals surface area (Å²) in [6.07, 6.45) is 66.3. The Morgan fingerprint density at radius 1 is 0.210 bits per heavy atom. The van der Waals surface area contributed by atoms with Crippen molar-refractivity contribution in [3.8, 4) is 0 Å². The Morgan fingerprint density at radius 3 is 0.371 bits per heavy atom. The molecule has 4 N–H and O–H groups in total. The van der Waals surface area contributed by atoms with Gasteiger partial charge in [-0.25, -0.2) is 0 Å². The SMILES string of the molecule is CC(C)O.CCCCCCCCCCCCCCCCCCO.CCCCCCCCCCCCCCCCCCO.CCCCCCCCCCCCCCCCCCO.[Ti]. The van der Waals surface area contributed by atoms with Crippen molar-refractivity contribution in [2.24, 2.45) is 0 Å². The van der Waals surface area contributed by atoms with Crippen LogP contribution in [0, 0.1) is 0 Å². The third-order valence-electron chi connectivity index (χ3n) is 12.0. The van der Waals surface area contributed by atoms with Gasteiger partial charge < -0.3 is 20.4 Å². The Bertz CT molecular complexity index is 517. The standard InChI is InChI=1S/3C18H38O.C3H8O.Ti/c3*1-2-3-4-5-6-7-8-9-10-11-12-13-14-15-16-17-18-19;1-3(2)4;/h3*19H,2-18H2,1H3;3-4H,1-2H3;. The van der Waals surface area contributed by atoms with Crippen LogP contribution in [-0.4, -0.2) is 46.4 Å².